The molecule has 33 heavy (non-hydrogen) atoms. The van der Waals surface area contributed by atoms with Gasteiger partial charge in [-0.05, 0) is 23.8 Å². The van der Waals surface area contributed by atoms with Gasteiger partial charge in [0.1, 0.15) is 6.54 Å². The summed E-state index contributed by atoms with van der Waals surface area (Å²) in [6.07, 6.45) is 3.89. The summed E-state index contributed by atoms with van der Waals surface area (Å²) in [5, 5.41) is 6.16. The molecule has 170 valence electrons. The summed E-state index contributed by atoms with van der Waals surface area (Å²) < 4.78 is 0. The van der Waals surface area contributed by atoms with Crippen LogP contribution in [0.2, 0.25) is 5.02 Å². The third kappa shape index (κ3) is 4.75. The van der Waals surface area contributed by atoms with E-state index in [9.17, 15) is 14.4 Å². The second-order valence-corrected chi connectivity index (χ2v) is 8.15. The first-order chi connectivity index (χ1) is 16.0. The second kappa shape index (κ2) is 9.87. The van der Waals surface area contributed by atoms with Gasteiger partial charge in [-0.3, -0.25) is 19.5 Å². The molecule has 2 aromatic rings. The van der Waals surface area contributed by atoms with Crippen molar-refractivity contribution in [3.63, 3.8) is 0 Å². The fourth-order valence-electron chi connectivity index (χ4n) is 4.05. The number of pyridine rings is 1. The third-order valence-electron chi connectivity index (χ3n) is 5.59. The molecule has 1 unspecified atom stereocenters. The summed E-state index contributed by atoms with van der Waals surface area (Å²) in [5.41, 5.74) is 2.49. The molecular formula is C24H24ClN5O3. The van der Waals surface area contributed by atoms with Crippen LogP contribution >= 0.6 is 11.6 Å². The van der Waals surface area contributed by atoms with Crippen LogP contribution in [0.4, 0.5) is 4.79 Å². The van der Waals surface area contributed by atoms with E-state index in [0.29, 0.717) is 34.8 Å². The van der Waals surface area contributed by atoms with E-state index in [1.54, 1.807) is 36.5 Å². The van der Waals surface area contributed by atoms with Crippen molar-refractivity contribution in [2.45, 2.75) is 12.5 Å². The Morgan fingerprint density at radius 1 is 1.24 bits per heavy atom. The summed E-state index contributed by atoms with van der Waals surface area (Å²) in [6, 6.07) is 11.7. The first-order valence-corrected chi connectivity index (χ1v) is 11.0. The molecule has 0 spiro atoms. The van der Waals surface area contributed by atoms with Crippen molar-refractivity contribution in [3.8, 4) is 0 Å². The molecule has 0 radical (unpaired) electrons. The van der Waals surface area contributed by atoms with Crippen molar-refractivity contribution >= 4 is 29.4 Å². The summed E-state index contributed by atoms with van der Waals surface area (Å²) in [4.78, 5) is 45.9. The van der Waals surface area contributed by atoms with Gasteiger partial charge in [-0.2, -0.15) is 0 Å². The summed E-state index contributed by atoms with van der Waals surface area (Å²) in [7, 11) is 0. The maximum absolute atomic E-state index is 13.4. The molecule has 0 aliphatic carbocycles. The highest BCUT2D eigenvalue weighted by molar-refractivity contribution is 6.31. The van der Waals surface area contributed by atoms with Gasteiger partial charge in [0.2, 0.25) is 5.91 Å². The molecule has 2 aliphatic rings. The van der Waals surface area contributed by atoms with E-state index in [-0.39, 0.29) is 37.5 Å². The predicted molar refractivity (Wildman–Crippen MR) is 124 cm³/mol. The number of rotatable bonds is 8. The molecule has 0 saturated heterocycles. The van der Waals surface area contributed by atoms with Crippen LogP contribution in [0.5, 0.6) is 0 Å². The van der Waals surface area contributed by atoms with Gasteiger partial charge in [0.05, 0.1) is 23.9 Å². The fraction of sp³-hybridized carbons (Fsp3) is 0.250. The topological polar surface area (TPSA) is 94.6 Å². The maximum atomic E-state index is 13.4. The van der Waals surface area contributed by atoms with E-state index in [4.69, 9.17) is 11.6 Å². The van der Waals surface area contributed by atoms with Crippen molar-refractivity contribution in [1.29, 1.82) is 0 Å². The number of hydrogen-bond acceptors (Lipinski definition) is 4. The average molecular weight is 466 g/mol. The molecule has 1 aromatic carbocycles. The maximum Gasteiger partial charge on any atom is 0.322 e. The van der Waals surface area contributed by atoms with Gasteiger partial charge in [-0.25, -0.2) is 4.79 Å². The minimum atomic E-state index is -0.688. The summed E-state index contributed by atoms with van der Waals surface area (Å²) >= 11 is 6.37. The lowest BCUT2D eigenvalue weighted by Crippen LogP contribution is -2.47. The zero-order valence-corrected chi connectivity index (χ0v) is 18.7. The quantitative estimate of drug-likeness (QED) is 0.585. The molecule has 0 bridgehead atoms. The van der Waals surface area contributed by atoms with Crippen LogP contribution in [0, 0.1) is 0 Å². The molecule has 3 heterocycles. The average Bonchev–Trinajstić information content (AvgIpc) is 3.12. The number of carbonyl (C=O) groups excluding carboxylic acids is 3. The van der Waals surface area contributed by atoms with Gasteiger partial charge in [0.15, 0.2) is 0 Å². The number of nitrogens with zero attached hydrogens (tertiary/aromatic N) is 3. The minimum absolute atomic E-state index is 0.112. The normalized spacial score (nSPS) is 17.7. The van der Waals surface area contributed by atoms with Gasteiger partial charge < -0.3 is 15.5 Å². The SMILES string of the molecule is C=CCN1C(=O)NC(c2ccccc2Cl)C2=C1CN(CC(=O)NCCc1ccccn1)C2=O. The van der Waals surface area contributed by atoms with E-state index in [0.717, 1.165) is 5.69 Å². The van der Waals surface area contributed by atoms with Crippen LogP contribution in [0.1, 0.15) is 17.3 Å². The number of urea groups is 1. The Morgan fingerprint density at radius 2 is 2.03 bits per heavy atom. The van der Waals surface area contributed by atoms with Gasteiger partial charge >= 0.3 is 6.03 Å². The Kier molecular flexibility index (Phi) is 6.74. The first-order valence-electron chi connectivity index (χ1n) is 10.6. The Labute approximate surface area is 196 Å². The van der Waals surface area contributed by atoms with Crippen molar-refractivity contribution in [2.24, 2.45) is 0 Å². The smallest absolute Gasteiger partial charge is 0.322 e. The van der Waals surface area contributed by atoms with Crippen LogP contribution in [0.25, 0.3) is 0 Å². The fourth-order valence-corrected chi connectivity index (χ4v) is 4.29. The van der Waals surface area contributed by atoms with Gasteiger partial charge in [0, 0.05) is 36.4 Å². The highest BCUT2D eigenvalue weighted by Gasteiger charge is 2.44. The summed E-state index contributed by atoms with van der Waals surface area (Å²) in [6.45, 7) is 4.41. The van der Waals surface area contributed by atoms with Crippen molar-refractivity contribution in [1.82, 2.24) is 25.4 Å². The Balaban J connectivity index is 1.49. The summed E-state index contributed by atoms with van der Waals surface area (Å²) in [5.74, 6) is -0.577. The Morgan fingerprint density at radius 3 is 2.76 bits per heavy atom. The molecule has 4 rings (SSSR count). The molecular weight excluding hydrogens is 442 g/mol. The number of amides is 4. The lowest BCUT2D eigenvalue weighted by atomic mass is 9.95. The number of benzene rings is 1. The van der Waals surface area contributed by atoms with Gasteiger partial charge in [-0.1, -0.05) is 41.9 Å². The molecule has 2 aliphatic heterocycles. The molecule has 0 fully saturated rings. The standard InChI is InChI=1S/C24H24ClN5O3/c1-2-13-30-19-14-29(15-20(31)27-12-10-16-7-5-6-11-26-16)23(32)21(19)22(28-24(30)33)17-8-3-4-9-18(17)25/h2-9,11,22H,1,10,12-15H2,(H,27,31)(H,28,33). The lowest BCUT2D eigenvalue weighted by molar-refractivity contribution is -0.131. The Bertz CT molecular complexity index is 1120. The minimum Gasteiger partial charge on any atom is -0.354 e. The van der Waals surface area contributed by atoms with Crippen molar-refractivity contribution in [2.75, 3.05) is 26.2 Å². The molecule has 8 nitrogen and oxygen atoms in total. The number of aromatic nitrogens is 1. The first kappa shape index (κ1) is 22.5. The highest BCUT2D eigenvalue weighted by atomic mass is 35.5. The van der Waals surface area contributed by atoms with Gasteiger partial charge in [-0.15, -0.1) is 6.58 Å². The number of hydrogen-bond donors (Lipinski definition) is 2. The lowest BCUT2D eigenvalue weighted by Gasteiger charge is -2.33. The van der Waals surface area contributed by atoms with Crippen LogP contribution in [-0.4, -0.2) is 58.8 Å². The molecule has 9 heteroatoms. The molecule has 1 aromatic heterocycles. The molecule has 0 saturated carbocycles. The largest absolute Gasteiger partial charge is 0.354 e. The van der Waals surface area contributed by atoms with E-state index in [2.05, 4.69) is 22.2 Å². The Hall–Kier alpha value is -3.65. The van der Waals surface area contributed by atoms with Crippen molar-refractivity contribution < 1.29 is 14.4 Å². The number of carbonyl (C=O) groups is 3. The van der Waals surface area contributed by atoms with Crippen molar-refractivity contribution in [3.05, 3.63) is 88.9 Å². The van der Waals surface area contributed by atoms with Crippen LogP contribution in [0.15, 0.2) is 72.6 Å². The third-order valence-corrected chi connectivity index (χ3v) is 5.93. The molecule has 2 N–H and O–H groups in total. The van der Waals surface area contributed by atoms with Gasteiger partial charge in [0.25, 0.3) is 5.91 Å². The van der Waals surface area contributed by atoms with Crippen LogP contribution in [0.3, 0.4) is 0 Å². The number of halogens is 1. The van der Waals surface area contributed by atoms with Crippen LogP contribution < -0.4 is 10.6 Å². The predicted octanol–water partition coefficient (Wildman–Crippen LogP) is 2.44. The van der Waals surface area contributed by atoms with E-state index in [1.165, 1.54) is 9.80 Å². The second-order valence-electron chi connectivity index (χ2n) is 7.75. The molecule has 1 atom stereocenters. The monoisotopic (exact) mass is 465 g/mol. The highest BCUT2D eigenvalue weighted by Crippen LogP contribution is 2.38. The van der Waals surface area contributed by atoms with Crippen LogP contribution in [-0.2, 0) is 16.0 Å². The zero-order chi connectivity index (χ0) is 23.4. The molecule has 4 amide bonds. The van der Waals surface area contributed by atoms with E-state index in [1.807, 2.05) is 18.2 Å². The number of nitrogens with one attached hydrogen (secondary N) is 2. The van der Waals surface area contributed by atoms with E-state index < -0.39 is 6.04 Å². The zero-order valence-electron chi connectivity index (χ0n) is 18.0. The van der Waals surface area contributed by atoms with E-state index >= 15 is 0 Å².